The molecule has 3 atom stereocenters. The predicted octanol–water partition coefficient (Wildman–Crippen LogP) is 2.10. The van der Waals surface area contributed by atoms with Crippen molar-refractivity contribution in [2.45, 2.75) is 49.5 Å². The van der Waals surface area contributed by atoms with Gasteiger partial charge in [0.1, 0.15) is 5.82 Å². The van der Waals surface area contributed by atoms with E-state index in [-0.39, 0.29) is 6.03 Å². The molecule has 1 saturated carbocycles. The SMILES string of the molecule is CSc1ncc2c(n1)N(C)C(=O)N([C@H]1CCNC3CCC[C@H]31)C2. The molecule has 0 aromatic carbocycles. The Bertz CT molecular complexity index is 624. The second-order valence-corrected chi connectivity index (χ2v) is 7.46. The van der Waals surface area contributed by atoms with E-state index < -0.39 is 0 Å². The van der Waals surface area contributed by atoms with Gasteiger partial charge in [0.05, 0.1) is 6.54 Å². The summed E-state index contributed by atoms with van der Waals surface area (Å²) >= 11 is 1.50. The first-order chi connectivity index (χ1) is 11.2. The normalized spacial score (nSPS) is 30.3. The Morgan fingerprint density at radius 3 is 3.04 bits per heavy atom. The number of hydrogen-bond acceptors (Lipinski definition) is 5. The Hall–Kier alpha value is -1.34. The number of carbonyl (C=O) groups excluding carboxylic acids is 1. The lowest BCUT2D eigenvalue weighted by Crippen LogP contribution is -2.58. The van der Waals surface area contributed by atoms with Crippen molar-refractivity contribution < 1.29 is 4.79 Å². The van der Waals surface area contributed by atoms with E-state index in [1.807, 2.05) is 19.5 Å². The molecule has 3 aliphatic rings. The summed E-state index contributed by atoms with van der Waals surface area (Å²) in [6, 6.07) is 1.01. The van der Waals surface area contributed by atoms with E-state index in [9.17, 15) is 4.79 Å². The lowest BCUT2D eigenvalue weighted by Gasteiger charge is -2.45. The fourth-order valence-electron chi connectivity index (χ4n) is 4.40. The number of nitrogens with zero attached hydrogens (tertiary/aromatic N) is 4. The Labute approximate surface area is 141 Å². The molecule has 0 bridgehead atoms. The molecule has 1 aromatic heterocycles. The molecule has 7 heteroatoms. The van der Waals surface area contributed by atoms with Crippen LogP contribution in [0.15, 0.2) is 11.4 Å². The summed E-state index contributed by atoms with van der Waals surface area (Å²) in [4.78, 5) is 25.6. The monoisotopic (exact) mass is 333 g/mol. The summed E-state index contributed by atoms with van der Waals surface area (Å²) in [5, 5.41) is 4.35. The number of amides is 2. The van der Waals surface area contributed by atoms with Gasteiger partial charge in [0.2, 0.25) is 0 Å². The summed E-state index contributed by atoms with van der Waals surface area (Å²) in [6.07, 6.45) is 8.62. The Balaban J connectivity index is 1.64. The number of hydrogen-bond donors (Lipinski definition) is 1. The van der Waals surface area contributed by atoms with Crippen LogP contribution in [0.2, 0.25) is 0 Å². The van der Waals surface area contributed by atoms with E-state index in [1.165, 1.54) is 31.0 Å². The summed E-state index contributed by atoms with van der Waals surface area (Å²) in [7, 11) is 1.83. The van der Waals surface area contributed by atoms with Gasteiger partial charge in [-0.3, -0.25) is 4.90 Å². The highest BCUT2D eigenvalue weighted by Gasteiger charge is 2.43. The van der Waals surface area contributed by atoms with Crippen molar-refractivity contribution in [1.82, 2.24) is 20.2 Å². The van der Waals surface area contributed by atoms with E-state index in [4.69, 9.17) is 0 Å². The zero-order chi connectivity index (χ0) is 16.0. The van der Waals surface area contributed by atoms with Gasteiger partial charge in [0.15, 0.2) is 5.16 Å². The van der Waals surface area contributed by atoms with Gasteiger partial charge in [0.25, 0.3) is 0 Å². The van der Waals surface area contributed by atoms with Gasteiger partial charge in [-0.2, -0.15) is 0 Å². The summed E-state index contributed by atoms with van der Waals surface area (Å²) < 4.78 is 0. The van der Waals surface area contributed by atoms with Crippen LogP contribution in [0.5, 0.6) is 0 Å². The molecule has 23 heavy (non-hydrogen) atoms. The molecule has 2 aliphatic heterocycles. The largest absolute Gasteiger partial charge is 0.325 e. The Kier molecular flexibility index (Phi) is 3.93. The Morgan fingerprint density at radius 1 is 1.35 bits per heavy atom. The van der Waals surface area contributed by atoms with Crippen molar-refractivity contribution in [1.29, 1.82) is 0 Å². The topological polar surface area (TPSA) is 61.4 Å². The Morgan fingerprint density at radius 2 is 2.22 bits per heavy atom. The van der Waals surface area contributed by atoms with Crippen LogP contribution in [-0.2, 0) is 6.54 Å². The van der Waals surface area contributed by atoms with Crippen LogP contribution in [0, 0.1) is 5.92 Å². The van der Waals surface area contributed by atoms with Crippen molar-refractivity contribution in [3.63, 3.8) is 0 Å². The highest BCUT2D eigenvalue weighted by molar-refractivity contribution is 7.98. The average molecular weight is 333 g/mol. The molecule has 124 valence electrons. The van der Waals surface area contributed by atoms with Crippen LogP contribution in [0.25, 0.3) is 0 Å². The maximum Gasteiger partial charge on any atom is 0.325 e. The van der Waals surface area contributed by atoms with Gasteiger partial charge in [-0.25, -0.2) is 14.8 Å². The van der Waals surface area contributed by atoms with Crippen LogP contribution in [0.4, 0.5) is 10.6 Å². The number of nitrogens with one attached hydrogen (secondary N) is 1. The van der Waals surface area contributed by atoms with Gasteiger partial charge in [0, 0.05) is 30.9 Å². The average Bonchev–Trinajstić information content (AvgIpc) is 3.06. The minimum Gasteiger partial charge on any atom is -0.316 e. The number of anilines is 1. The summed E-state index contributed by atoms with van der Waals surface area (Å²) in [5.74, 6) is 1.36. The summed E-state index contributed by atoms with van der Waals surface area (Å²) in [6.45, 7) is 1.65. The highest BCUT2D eigenvalue weighted by Crippen LogP contribution is 2.38. The maximum absolute atomic E-state index is 12.9. The second kappa shape index (κ2) is 5.94. The van der Waals surface area contributed by atoms with E-state index in [0.29, 0.717) is 24.5 Å². The molecular weight excluding hydrogens is 310 g/mol. The third-order valence-corrected chi connectivity index (χ3v) is 6.07. The number of thioether (sulfide) groups is 1. The van der Waals surface area contributed by atoms with E-state index in [0.717, 1.165) is 29.5 Å². The maximum atomic E-state index is 12.9. The van der Waals surface area contributed by atoms with Crippen LogP contribution in [0.1, 0.15) is 31.2 Å². The molecule has 1 N–H and O–H groups in total. The molecule has 0 spiro atoms. The van der Waals surface area contributed by atoms with Crippen LogP contribution in [-0.4, -0.2) is 52.8 Å². The highest BCUT2D eigenvalue weighted by atomic mass is 32.2. The third kappa shape index (κ3) is 2.50. The van der Waals surface area contributed by atoms with E-state index >= 15 is 0 Å². The molecule has 2 amide bonds. The fourth-order valence-corrected chi connectivity index (χ4v) is 4.73. The minimum absolute atomic E-state index is 0.0841. The predicted molar refractivity (Wildman–Crippen MR) is 90.7 cm³/mol. The van der Waals surface area contributed by atoms with Crippen LogP contribution >= 0.6 is 11.8 Å². The zero-order valence-electron chi connectivity index (χ0n) is 13.7. The molecule has 2 fully saturated rings. The first-order valence-electron chi connectivity index (χ1n) is 8.36. The first kappa shape index (κ1) is 15.2. The van der Waals surface area contributed by atoms with Gasteiger partial charge < -0.3 is 10.2 Å². The number of fused-ring (bicyclic) bond motifs is 2. The fraction of sp³-hybridized carbons (Fsp3) is 0.688. The number of urea groups is 1. The second-order valence-electron chi connectivity index (χ2n) is 6.69. The zero-order valence-corrected chi connectivity index (χ0v) is 14.5. The molecule has 0 radical (unpaired) electrons. The molecule has 1 aliphatic carbocycles. The molecule has 1 saturated heterocycles. The standard InChI is InChI=1S/C16H23N5OS/c1-20-14-10(8-18-15(19-14)23-2)9-21(16(20)22)13-6-7-17-12-5-3-4-11(12)13/h8,11-13,17H,3-7,9H2,1-2H3/t11-,12?,13+/m1/s1. The molecule has 1 unspecified atom stereocenters. The number of carbonyl (C=O) groups is 1. The molecule has 3 heterocycles. The number of piperidine rings is 1. The van der Waals surface area contributed by atoms with Gasteiger partial charge >= 0.3 is 6.03 Å². The molecular formula is C16H23N5OS. The summed E-state index contributed by atoms with van der Waals surface area (Å²) in [5.41, 5.74) is 1.05. The third-order valence-electron chi connectivity index (χ3n) is 5.50. The quantitative estimate of drug-likeness (QED) is 0.663. The van der Waals surface area contributed by atoms with Crippen LogP contribution in [0.3, 0.4) is 0 Å². The van der Waals surface area contributed by atoms with E-state index in [1.54, 1.807) is 4.90 Å². The van der Waals surface area contributed by atoms with Crippen molar-refractivity contribution >= 4 is 23.6 Å². The lowest BCUT2D eigenvalue weighted by molar-refractivity contribution is 0.110. The first-order valence-corrected chi connectivity index (χ1v) is 9.59. The smallest absolute Gasteiger partial charge is 0.316 e. The molecule has 4 rings (SSSR count). The van der Waals surface area contributed by atoms with Gasteiger partial charge in [-0.1, -0.05) is 18.2 Å². The van der Waals surface area contributed by atoms with Gasteiger partial charge in [-0.05, 0) is 38.0 Å². The van der Waals surface area contributed by atoms with Crippen molar-refractivity contribution in [2.75, 3.05) is 24.7 Å². The molecule has 6 nitrogen and oxygen atoms in total. The number of aromatic nitrogens is 2. The minimum atomic E-state index is 0.0841. The van der Waals surface area contributed by atoms with E-state index in [2.05, 4.69) is 20.2 Å². The van der Waals surface area contributed by atoms with Gasteiger partial charge in [-0.15, -0.1) is 0 Å². The van der Waals surface area contributed by atoms with Crippen molar-refractivity contribution in [3.05, 3.63) is 11.8 Å². The van der Waals surface area contributed by atoms with Crippen LogP contribution < -0.4 is 10.2 Å². The van der Waals surface area contributed by atoms with Crippen molar-refractivity contribution in [2.24, 2.45) is 5.92 Å². The molecule has 1 aromatic rings. The lowest BCUT2D eigenvalue weighted by atomic mass is 9.87. The number of rotatable bonds is 2. The van der Waals surface area contributed by atoms with Crippen molar-refractivity contribution in [3.8, 4) is 0 Å².